The third-order valence-electron chi connectivity index (χ3n) is 4.52. The molecule has 1 aliphatic rings. The summed E-state index contributed by atoms with van der Waals surface area (Å²) < 4.78 is 71.7. The summed E-state index contributed by atoms with van der Waals surface area (Å²) in [5, 5.41) is 2.09. The number of nitrogens with one attached hydrogen (secondary N) is 1. The largest absolute Gasteiger partial charge is 0.483 e. The molecule has 2 aromatic rings. The van der Waals surface area contributed by atoms with Gasteiger partial charge in [-0.05, 0) is 55.7 Å². The van der Waals surface area contributed by atoms with Crippen molar-refractivity contribution in [2.45, 2.75) is 24.7 Å². The highest BCUT2D eigenvalue weighted by Gasteiger charge is 2.27. The molecule has 1 N–H and O–H groups in total. The predicted molar refractivity (Wildman–Crippen MR) is 99.6 cm³/mol. The molecule has 156 valence electrons. The molecule has 2 aromatic carbocycles. The average molecular weight is 428 g/mol. The van der Waals surface area contributed by atoms with Crippen molar-refractivity contribution >= 4 is 21.6 Å². The Kier molecular flexibility index (Phi) is 6.13. The second-order valence-electron chi connectivity index (χ2n) is 6.60. The topological polar surface area (TPSA) is 75.7 Å². The summed E-state index contributed by atoms with van der Waals surface area (Å²) in [6.07, 6.45) is 1.65. The minimum Gasteiger partial charge on any atom is -0.483 e. The summed E-state index contributed by atoms with van der Waals surface area (Å²) in [6.45, 7) is 2.07. The monoisotopic (exact) mass is 428 g/mol. The molecule has 1 aliphatic heterocycles. The van der Waals surface area contributed by atoms with Crippen molar-refractivity contribution in [2.75, 3.05) is 25.0 Å². The Labute approximate surface area is 166 Å². The number of amides is 1. The van der Waals surface area contributed by atoms with Gasteiger partial charge in [0, 0.05) is 13.1 Å². The Morgan fingerprint density at radius 2 is 1.79 bits per heavy atom. The fraction of sp³-hybridized carbons (Fsp3) is 0.316. The smallest absolute Gasteiger partial charge is 0.262 e. The van der Waals surface area contributed by atoms with Gasteiger partial charge in [0.2, 0.25) is 10.0 Å². The maximum atomic E-state index is 13.6. The first-order valence-corrected chi connectivity index (χ1v) is 10.3. The molecule has 0 aliphatic carbocycles. The first-order chi connectivity index (χ1) is 13.7. The SMILES string of the molecule is Cc1cc(S(=O)(=O)N2CCCC2)ccc1OCC(=O)Nc1ccc(F)c(F)c1F. The summed E-state index contributed by atoms with van der Waals surface area (Å²) in [7, 11) is -3.57. The summed E-state index contributed by atoms with van der Waals surface area (Å²) in [5.41, 5.74) is -0.0154. The Bertz CT molecular complexity index is 1040. The number of carbonyl (C=O) groups excluding carboxylic acids is 1. The number of hydrogen-bond acceptors (Lipinski definition) is 4. The van der Waals surface area contributed by atoms with Crippen molar-refractivity contribution in [3.63, 3.8) is 0 Å². The molecule has 0 atom stereocenters. The molecule has 0 bridgehead atoms. The minimum atomic E-state index is -3.57. The maximum Gasteiger partial charge on any atom is 0.262 e. The van der Waals surface area contributed by atoms with Gasteiger partial charge in [-0.3, -0.25) is 4.79 Å². The summed E-state index contributed by atoms with van der Waals surface area (Å²) in [4.78, 5) is 12.1. The van der Waals surface area contributed by atoms with Gasteiger partial charge in [-0.25, -0.2) is 21.6 Å². The minimum absolute atomic E-state index is 0.137. The molecule has 0 unspecified atom stereocenters. The fourth-order valence-corrected chi connectivity index (χ4v) is 4.58. The summed E-state index contributed by atoms with van der Waals surface area (Å²) >= 11 is 0. The van der Waals surface area contributed by atoms with E-state index in [-0.39, 0.29) is 10.6 Å². The molecular formula is C19H19F3N2O4S. The number of aryl methyl sites for hydroxylation is 1. The van der Waals surface area contributed by atoms with Gasteiger partial charge in [-0.2, -0.15) is 4.31 Å². The number of ether oxygens (including phenoxy) is 1. The number of rotatable bonds is 6. The number of sulfonamides is 1. The van der Waals surface area contributed by atoms with Crippen molar-refractivity contribution in [3.05, 3.63) is 53.3 Å². The summed E-state index contributed by atoms with van der Waals surface area (Å²) in [6, 6.07) is 5.87. The fourth-order valence-electron chi connectivity index (χ4n) is 2.97. The zero-order valence-corrected chi connectivity index (χ0v) is 16.4. The first kappa shape index (κ1) is 21.1. The van der Waals surface area contributed by atoms with Crippen LogP contribution in [0.2, 0.25) is 0 Å². The normalized spacial score (nSPS) is 14.8. The Hall–Kier alpha value is -2.59. The molecule has 0 radical (unpaired) electrons. The molecule has 0 saturated carbocycles. The number of carbonyl (C=O) groups is 1. The van der Waals surface area contributed by atoms with Crippen molar-refractivity contribution in [1.29, 1.82) is 0 Å². The van der Waals surface area contributed by atoms with E-state index in [9.17, 15) is 26.4 Å². The quantitative estimate of drug-likeness (QED) is 0.717. The number of benzene rings is 2. The molecule has 10 heteroatoms. The van der Waals surface area contributed by atoms with E-state index in [1.165, 1.54) is 22.5 Å². The van der Waals surface area contributed by atoms with E-state index in [0.717, 1.165) is 18.9 Å². The van der Waals surface area contributed by atoms with Gasteiger partial charge in [-0.15, -0.1) is 0 Å². The van der Waals surface area contributed by atoms with Crippen molar-refractivity contribution in [1.82, 2.24) is 4.31 Å². The second kappa shape index (κ2) is 8.42. The second-order valence-corrected chi connectivity index (χ2v) is 8.54. The van der Waals surface area contributed by atoms with Crippen LogP contribution in [-0.2, 0) is 14.8 Å². The number of halogens is 3. The molecule has 0 aromatic heterocycles. The molecule has 29 heavy (non-hydrogen) atoms. The van der Waals surface area contributed by atoms with Crippen molar-refractivity contribution in [3.8, 4) is 5.75 Å². The highest BCUT2D eigenvalue weighted by molar-refractivity contribution is 7.89. The zero-order chi connectivity index (χ0) is 21.2. The highest BCUT2D eigenvalue weighted by Crippen LogP contribution is 2.26. The number of nitrogens with zero attached hydrogens (tertiary/aromatic N) is 1. The maximum absolute atomic E-state index is 13.6. The molecule has 1 saturated heterocycles. The predicted octanol–water partition coefficient (Wildman–Crippen LogP) is 3.21. The van der Waals surface area contributed by atoms with Crippen LogP contribution >= 0.6 is 0 Å². The van der Waals surface area contributed by atoms with Crippen molar-refractivity contribution < 1.29 is 31.1 Å². The standard InChI is InChI=1S/C19H19F3N2O4S/c1-12-10-13(29(26,27)24-8-2-3-9-24)4-7-16(12)28-11-17(25)23-15-6-5-14(20)18(21)19(15)22/h4-7,10H,2-3,8-9,11H2,1H3,(H,23,25). The lowest BCUT2D eigenvalue weighted by molar-refractivity contribution is -0.118. The molecule has 1 heterocycles. The lowest BCUT2D eigenvalue weighted by Crippen LogP contribution is -2.28. The molecular weight excluding hydrogens is 409 g/mol. The third-order valence-corrected chi connectivity index (χ3v) is 6.41. The van der Waals surface area contributed by atoms with E-state index >= 15 is 0 Å². The first-order valence-electron chi connectivity index (χ1n) is 8.87. The molecule has 6 nitrogen and oxygen atoms in total. The summed E-state index contributed by atoms with van der Waals surface area (Å²) in [5.74, 6) is -5.08. The van der Waals surface area contributed by atoms with Gasteiger partial charge in [0.25, 0.3) is 5.91 Å². The highest BCUT2D eigenvalue weighted by atomic mass is 32.2. The van der Waals surface area contributed by atoms with Gasteiger partial charge < -0.3 is 10.1 Å². The lowest BCUT2D eigenvalue weighted by Gasteiger charge is -2.17. The van der Waals surface area contributed by atoms with E-state index < -0.39 is 45.7 Å². The van der Waals surface area contributed by atoms with Gasteiger partial charge in [0.1, 0.15) is 5.75 Å². The molecule has 1 amide bonds. The van der Waals surface area contributed by atoms with Gasteiger partial charge >= 0.3 is 0 Å². The van der Waals surface area contributed by atoms with Crippen LogP contribution in [-0.4, -0.2) is 38.3 Å². The Morgan fingerprint density at radius 1 is 1.10 bits per heavy atom. The Balaban J connectivity index is 1.65. The van der Waals surface area contributed by atoms with Crippen LogP contribution in [0.3, 0.4) is 0 Å². The van der Waals surface area contributed by atoms with E-state index in [0.29, 0.717) is 24.7 Å². The number of hydrogen-bond donors (Lipinski definition) is 1. The molecule has 3 rings (SSSR count). The van der Waals surface area contributed by atoms with Crippen LogP contribution in [0.4, 0.5) is 18.9 Å². The van der Waals surface area contributed by atoms with E-state index in [1.807, 2.05) is 0 Å². The molecule has 0 spiro atoms. The van der Waals surface area contributed by atoms with Crippen LogP contribution in [0.5, 0.6) is 5.75 Å². The Morgan fingerprint density at radius 3 is 2.45 bits per heavy atom. The van der Waals surface area contributed by atoms with Gasteiger partial charge in [0.05, 0.1) is 10.6 Å². The zero-order valence-electron chi connectivity index (χ0n) is 15.5. The molecule has 1 fully saturated rings. The van der Waals surface area contributed by atoms with E-state index in [2.05, 4.69) is 5.32 Å². The van der Waals surface area contributed by atoms with Crippen LogP contribution in [0.15, 0.2) is 35.2 Å². The third kappa shape index (κ3) is 4.54. The van der Waals surface area contributed by atoms with Crippen LogP contribution < -0.4 is 10.1 Å². The van der Waals surface area contributed by atoms with Crippen LogP contribution in [0.1, 0.15) is 18.4 Å². The van der Waals surface area contributed by atoms with Crippen LogP contribution in [0.25, 0.3) is 0 Å². The van der Waals surface area contributed by atoms with Gasteiger partial charge in [0.15, 0.2) is 24.1 Å². The van der Waals surface area contributed by atoms with Crippen LogP contribution in [0, 0.1) is 24.4 Å². The van der Waals surface area contributed by atoms with E-state index in [4.69, 9.17) is 4.74 Å². The van der Waals surface area contributed by atoms with E-state index in [1.54, 1.807) is 6.92 Å². The van der Waals surface area contributed by atoms with Crippen molar-refractivity contribution in [2.24, 2.45) is 0 Å². The lowest BCUT2D eigenvalue weighted by atomic mass is 10.2. The number of anilines is 1. The average Bonchev–Trinajstić information content (AvgIpc) is 3.23. The van der Waals surface area contributed by atoms with Gasteiger partial charge in [-0.1, -0.05) is 0 Å².